The van der Waals surface area contributed by atoms with Crippen LogP contribution in [0.4, 0.5) is 11.5 Å². The summed E-state index contributed by atoms with van der Waals surface area (Å²) in [6, 6.07) is 26.3. The van der Waals surface area contributed by atoms with Gasteiger partial charge in [0.05, 0.1) is 21.5 Å². The van der Waals surface area contributed by atoms with E-state index in [1.165, 1.54) is 4.31 Å². The molecule has 0 saturated carbocycles. The average molecular weight is 525 g/mol. The Bertz CT molecular complexity index is 1660. The number of hydrogen-bond donors (Lipinski definition) is 1. The first-order chi connectivity index (χ1) is 18.0. The molecule has 8 heteroatoms. The Morgan fingerprint density at radius 1 is 0.946 bits per heavy atom. The van der Waals surface area contributed by atoms with Gasteiger partial charge in [-0.05, 0) is 36.8 Å². The van der Waals surface area contributed by atoms with E-state index in [0.29, 0.717) is 17.9 Å². The molecular formula is C29H24N4O2S2. The molecule has 5 aromatic rings. The van der Waals surface area contributed by atoms with Crippen LogP contribution in [0.3, 0.4) is 0 Å². The SMILES string of the molecule is Cc1ccc(S(=O)(=O)N(c2ccccc2)c2n[nH]c3c2C=CC(c2ccccc2)(c2cncs2)C3)cc1. The van der Waals surface area contributed by atoms with Crippen LogP contribution in [0.1, 0.15) is 27.3 Å². The first kappa shape index (κ1) is 23.4. The summed E-state index contributed by atoms with van der Waals surface area (Å²) in [4.78, 5) is 5.67. The van der Waals surface area contributed by atoms with E-state index in [1.54, 1.807) is 47.7 Å². The van der Waals surface area contributed by atoms with Crippen molar-refractivity contribution in [2.45, 2.75) is 23.7 Å². The smallest absolute Gasteiger partial charge is 0.269 e. The summed E-state index contributed by atoms with van der Waals surface area (Å²) in [7, 11) is -3.94. The standard InChI is InChI=1S/C29H24N4O2S2/c1-21-12-14-24(15-13-21)37(34,35)33(23-10-6-3-7-11-23)28-25-16-17-29(18-26(25)31-32-28,27-19-30-20-36-27)22-8-4-2-5-9-22/h2-17,19-20H,18H2,1H3,(H,31,32). The average Bonchev–Trinajstić information content (AvgIpc) is 3.61. The number of anilines is 2. The number of aromatic amines is 1. The maximum Gasteiger partial charge on any atom is 0.269 e. The molecule has 1 atom stereocenters. The monoisotopic (exact) mass is 524 g/mol. The van der Waals surface area contributed by atoms with Crippen LogP contribution in [0.15, 0.2) is 108 Å². The van der Waals surface area contributed by atoms with Gasteiger partial charge in [-0.25, -0.2) is 12.7 Å². The lowest BCUT2D eigenvalue weighted by Crippen LogP contribution is -2.30. The van der Waals surface area contributed by atoms with Crippen molar-refractivity contribution in [2.75, 3.05) is 4.31 Å². The lowest BCUT2D eigenvalue weighted by molar-refractivity contribution is 0.595. The fourth-order valence-corrected chi connectivity index (χ4v) is 7.12. The third kappa shape index (κ3) is 3.98. The lowest BCUT2D eigenvalue weighted by Gasteiger charge is -2.33. The molecule has 0 bridgehead atoms. The first-order valence-corrected chi connectivity index (χ1v) is 14.2. The van der Waals surface area contributed by atoms with Gasteiger partial charge < -0.3 is 0 Å². The van der Waals surface area contributed by atoms with Gasteiger partial charge in [-0.2, -0.15) is 5.10 Å². The summed E-state index contributed by atoms with van der Waals surface area (Å²) in [5.41, 5.74) is 5.70. The molecule has 2 heterocycles. The zero-order chi connectivity index (χ0) is 25.5. The number of sulfonamides is 1. The second-order valence-corrected chi connectivity index (χ2v) is 11.7. The fraction of sp³-hybridized carbons (Fsp3) is 0.103. The molecule has 0 fully saturated rings. The van der Waals surface area contributed by atoms with Gasteiger partial charge >= 0.3 is 0 Å². The lowest BCUT2D eigenvalue weighted by atomic mass is 9.72. The molecule has 0 spiro atoms. The second kappa shape index (κ2) is 9.14. The van der Waals surface area contributed by atoms with Crippen molar-refractivity contribution in [1.82, 2.24) is 15.2 Å². The predicted octanol–water partition coefficient (Wildman–Crippen LogP) is 6.26. The zero-order valence-electron chi connectivity index (χ0n) is 20.1. The van der Waals surface area contributed by atoms with Gasteiger partial charge in [0.2, 0.25) is 0 Å². The quantitative estimate of drug-likeness (QED) is 0.284. The summed E-state index contributed by atoms with van der Waals surface area (Å²) in [6.07, 6.45) is 6.65. The normalized spacial score (nSPS) is 16.9. The van der Waals surface area contributed by atoms with Gasteiger partial charge in [0, 0.05) is 28.8 Å². The molecular weight excluding hydrogens is 500 g/mol. The van der Waals surface area contributed by atoms with Gasteiger partial charge in [-0.1, -0.05) is 78.4 Å². The number of fused-ring (bicyclic) bond motifs is 1. The molecule has 1 N–H and O–H groups in total. The molecule has 1 aliphatic carbocycles. The van der Waals surface area contributed by atoms with Crippen LogP contribution in [-0.2, 0) is 21.9 Å². The van der Waals surface area contributed by atoms with Crippen LogP contribution in [0, 0.1) is 6.92 Å². The number of aryl methyl sites for hydroxylation is 1. The molecule has 0 aliphatic heterocycles. The number of nitrogens with one attached hydrogen (secondary N) is 1. The minimum Gasteiger partial charge on any atom is -0.280 e. The molecule has 6 rings (SSSR count). The van der Waals surface area contributed by atoms with E-state index in [1.807, 2.05) is 61.1 Å². The predicted molar refractivity (Wildman–Crippen MR) is 148 cm³/mol. The molecule has 0 saturated heterocycles. The Balaban J connectivity index is 1.50. The largest absolute Gasteiger partial charge is 0.280 e. The highest BCUT2D eigenvalue weighted by molar-refractivity contribution is 7.93. The highest BCUT2D eigenvalue weighted by atomic mass is 32.2. The van der Waals surface area contributed by atoms with Gasteiger partial charge in [0.15, 0.2) is 5.82 Å². The first-order valence-electron chi connectivity index (χ1n) is 11.9. The Kier molecular flexibility index (Phi) is 5.78. The van der Waals surface area contributed by atoms with Gasteiger partial charge in [-0.3, -0.25) is 10.1 Å². The Morgan fingerprint density at radius 3 is 2.32 bits per heavy atom. The Morgan fingerprint density at radius 2 is 1.65 bits per heavy atom. The molecule has 0 radical (unpaired) electrons. The van der Waals surface area contributed by atoms with Crippen LogP contribution in [0.2, 0.25) is 0 Å². The Hall–Kier alpha value is -4.01. The summed E-state index contributed by atoms with van der Waals surface area (Å²) in [5.74, 6) is 0.351. The number of H-pyrrole nitrogens is 1. The van der Waals surface area contributed by atoms with Crippen LogP contribution in [-0.4, -0.2) is 23.6 Å². The van der Waals surface area contributed by atoms with Crippen LogP contribution >= 0.6 is 11.3 Å². The van der Waals surface area contributed by atoms with Crippen LogP contribution < -0.4 is 4.31 Å². The maximum absolute atomic E-state index is 14.0. The van der Waals surface area contributed by atoms with E-state index in [2.05, 4.69) is 33.4 Å². The highest BCUT2D eigenvalue weighted by Crippen LogP contribution is 2.45. The number of rotatable bonds is 6. The third-order valence-corrected chi connectivity index (χ3v) is 9.44. The molecule has 1 unspecified atom stereocenters. The number of benzene rings is 3. The van der Waals surface area contributed by atoms with Gasteiger partial charge in [-0.15, -0.1) is 11.3 Å². The van der Waals surface area contributed by atoms with Crippen molar-refractivity contribution in [2.24, 2.45) is 0 Å². The van der Waals surface area contributed by atoms with Crippen molar-refractivity contribution in [1.29, 1.82) is 0 Å². The van der Waals surface area contributed by atoms with Crippen LogP contribution in [0.5, 0.6) is 0 Å². The van der Waals surface area contributed by atoms with Crippen molar-refractivity contribution in [3.8, 4) is 0 Å². The van der Waals surface area contributed by atoms with Crippen molar-refractivity contribution in [3.05, 3.63) is 130 Å². The number of thiazole rings is 1. The number of para-hydroxylation sites is 1. The summed E-state index contributed by atoms with van der Waals surface area (Å²) in [5, 5.41) is 7.76. The number of hydrogen-bond acceptors (Lipinski definition) is 5. The fourth-order valence-electron chi connectivity index (χ4n) is 4.84. The molecule has 1 aliphatic rings. The zero-order valence-corrected chi connectivity index (χ0v) is 21.7. The molecule has 184 valence electrons. The number of nitrogens with zero attached hydrogens (tertiary/aromatic N) is 3. The molecule has 0 amide bonds. The summed E-state index contributed by atoms with van der Waals surface area (Å²) in [6.45, 7) is 1.93. The molecule has 2 aromatic heterocycles. The van der Waals surface area contributed by atoms with Crippen molar-refractivity contribution < 1.29 is 8.42 Å². The van der Waals surface area contributed by atoms with E-state index in [4.69, 9.17) is 0 Å². The van der Waals surface area contributed by atoms with Crippen molar-refractivity contribution >= 4 is 38.9 Å². The molecule has 6 nitrogen and oxygen atoms in total. The van der Waals surface area contributed by atoms with Crippen LogP contribution in [0.25, 0.3) is 6.08 Å². The van der Waals surface area contributed by atoms with E-state index in [-0.39, 0.29) is 4.90 Å². The topological polar surface area (TPSA) is 79.0 Å². The Labute approximate surface area is 220 Å². The summed E-state index contributed by atoms with van der Waals surface area (Å²) < 4.78 is 29.3. The molecule has 37 heavy (non-hydrogen) atoms. The maximum atomic E-state index is 14.0. The van der Waals surface area contributed by atoms with E-state index >= 15 is 0 Å². The summed E-state index contributed by atoms with van der Waals surface area (Å²) >= 11 is 1.61. The van der Waals surface area contributed by atoms with Gasteiger partial charge in [0.1, 0.15) is 0 Å². The number of aromatic nitrogens is 3. The molecule has 3 aromatic carbocycles. The minimum atomic E-state index is -3.94. The second-order valence-electron chi connectivity index (χ2n) is 9.07. The number of allylic oxidation sites excluding steroid dienone is 1. The van der Waals surface area contributed by atoms with E-state index < -0.39 is 15.4 Å². The minimum absolute atomic E-state index is 0.210. The third-order valence-electron chi connectivity index (χ3n) is 6.76. The highest BCUT2D eigenvalue weighted by Gasteiger charge is 2.39. The van der Waals surface area contributed by atoms with E-state index in [0.717, 1.165) is 27.3 Å². The van der Waals surface area contributed by atoms with Crippen molar-refractivity contribution in [3.63, 3.8) is 0 Å². The van der Waals surface area contributed by atoms with Gasteiger partial charge in [0.25, 0.3) is 10.0 Å². The van der Waals surface area contributed by atoms with E-state index in [9.17, 15) is 8.42 Å².